The Kier molecular flexibility index (Phi) is 5.18. The predicted molar refractivity (Wildman–Crippen MR) is 89.9 cm³/mol. The highest BCUT2D eigenvalue weighted by molar-refractivity contribution is 5.95. The summed E-state index contributed by atoms with van der Waals surface area (Å²) in [6, 6.07) is 14.2. The molecule has 0 aliphatic carbocycles. The summed E-state index contributed by atoms with van der Waals surface area (Å²) in [4.78, 5) is 12.3. The quantitative estimate of drug-likeness (QED) is 0.633. The fraction of sp³-hybridized carbons (Fsp3) is 0.158. The molecule has 128 valence electrons. The summed E-state index contributed by atoms with van der Waals surface area (Å²) in [5.74, 6) is -0.0806. The van der Waals surface area contributed by atoms with Crippen molar-refractivity contribution in [3.63, 3.8) is 0 Å². The summed E-state index contributed by atoms with van der Waals surface area (Å²) >= 11 is 0. The molecule has 0 unspecified atom stereocenters. The molecule has 2 aromatic carbocycles. The number of aromatic nitrogens is 2. The maximum absolute atomic E-state index is 12.9. The van der Waals surface area contributed by atoms with Crippen molar-refractivity contribution in [2.75, 3.05) is 13.3 Å². The molecule has 1 aromatic heterocycles. The van der Waals surface area contributed by atoms with Gasteiger partial charge in [0.15, 0.2) is 0 Å². The van der Waals surface area contributed by atoms with E-state index in [0.717, 1.165) is 5.56 Å². The first-order valence-electron chi connectivity index (χ1n) is 7.82. The van der Waals surface area contributed by atoms with Gasteiger partial charge in [-0.2, -0.15) is 5.10 Å². The van der Waals surface area contributed by atoms with E-state index in [1.165, 1.54) is 28.9 Å². The van der Waals surface area contributed by atoms with Gasteiger partial charge in [-0.05, 0) is 54.6 Å². The Morgan fingerprint density at radius 2 is 1.76 bits per heavy atom. The molecule has 0 saturated carbocycles. The van der Waals surface area contributed by atoms with E-state index in [4.69, 9.17) is 4.74 Å². The van der Waals surface area contributed by atoms with E-state index >= 15 is 0 Å². The maximum atomic E-state index is 12.9. The largest absolute Gasteiger partial charge is 0.493 e. The van der Waals surface area contributed by atoms with Crippen LogP contribution in [0.1, 0.15) is 16.8 Å². The van der Waals surface area contributed by atoms with Crippen molar-refractivity contribution < 1.29 is 18.3 Å². The molecule has 0 saturated heterocycles. The number of carbonyl (C=O) groups excluding carboxylic acids is 1. The van der Waals surface area contributed by atoms with Crippen LogP contribution in [0.25, 0.3) is 11.3 Å². The van der Waals surface area contributed by atoms with Gasteiger partial charge < -0.3 is 4.74 Å². The maximum Gasteiger partial charge on any atom is 0.278 e. The van der Waals surface area contributed by atoms with Crippen LogP contribution in [-0.4, -0.2) is 29.0 Å². The van der Waals surface area contributed by atoms with Crippen LogP contribution in [-0.2, 0) is 0 Å². The smallest absolute Gasteiger partial charge is 0.278 e. The van der Waals surface area contributed by atoms with Gasteiger partial charge in [0.05, 0.1) is 19.0 Å². The molecule has 0 atom stereocenters. The molecule has 0 aliphatic rings. The van der Waals surface area contributed by atoms with E-state index < -0.39 is 12.5 Å². The molecule has 0 fully saturated rings. The van der Waals surface area contributed by atoms with Gasteiger partial charge in [0, 0.05) is 23.7 Å². The molecule has 6 heteroatoms. The van der Waals surface area contributed by atoms with Crippen LogP contribution in [0.2, 0.25) is 0 Å². The lowest BCUT2D eigenvalue weighted by Gasteiger charge is -2.05. The van der Waals surface area contributed by atoms with Gasteiger partial charge in [0.25, 0.3) is 5.91 Å². The number of alkyl halides is 1. The summed E-state index contributed by atoms with van der Waals surface area (Å²) in [6.45, 7) is -0.0752. The Morgan fingerprint density at radius 1 is 1.04 bits per heavy atom. The summed E-state index contributed by atoms with van der Waals surface area (Å²) in [7, 11) is 0. The van der Waals surface area contributed by atoms with Crippen molar-refractivity contribution in [2.24, 2.45) is 0 Å². The second kappa shape index (κ2) is 7.70. The summed E-state index contributed by atoms with van der Waals surface area (Å²) in [5.41, 5.74) is 1.81. The number of nitrogens with zero attached hydrogens (tertiary/aromatic N) is 2. The molecule has 0 spiro atoms. The highest BCUT2D eigenvalue weighted by Gasteiger charge is 2.11. The van der Waals surface area contributed by atoms with E-state index in [2.05, 4.69) is 5.10 Å². The highest BCUT2D eigenvalue weighted by atomic mass is 19.1. The Balaban J connectivity index is 1.72. The van der Waals surface area contributed by atoms with Gasteiger partial charge in [-0.1, -0.05) is 0 Å². The standard InChI is InChI=1S/C19H16F2N2O2/c20-11-1-13-25-17-8-4-14(5-9-17)18-10-12-23(22-18)19(24)15-2-6-16(21)7-3-15/h2-10,12H,1,11,13H2. The topological polar surface area (TPSA) is 44.1 Å². The predicted octanol–water partition coefficient (Wildman–Crippen LogP) is 4.12. The van der Waals surface area contributed by atoms with Crippen molar-refractivity contribution in [1.82, 2.24) is 9.78 Å². The fourth-order valence-corrected chi connectivity index (χ4v) is 2.28. The van der Waals surface area contributed by atoms with E-state index in [1.807, 2.05) is 12.1 Å². The fourth-order valence-electron chi connectivity index (χ4n) is 2.28. The summed E-state index contributed by atoms with van der Waals surface area (Å²) < 4.78 is 31.6. The number of ether oxygens (including phenoxy) is 1. The minimum atomic E-state index is -0.405. The lowest BCUT2D eigenvalue weighted by molar-refractivity contribution is 0.0945. The zero-order valence-electron chi connectivity index (χ0n) is 13.4. The third kappa shape index (κ3) is 4.09. The molecule has 0 N–H and O–H groups in total. The zero-order valence-corrected chi connectivity index (χ0v) is 13.4. The molecular weight excluding hydrogens is 326 g/mol. The Bertz CT molecular complexity index is 843. The summed E-state index contributed by atoms with van der Waals surface area (Å²) in [5, 5.41) is 4.27. The van der Waals surface area contributed by atoms with E-state index in [1.54, 1.807) is 24.4 Å². The van der Waals surface area contributed by atoms with Crippen molar-refractivity contribution in [2.45, 2.75) is 6.42 Å². The average molecular weight is 342 g/mol. The second-order valence-corrected chi connectivity index (χ2v) is 5.37. The number of hydrogen-bond donors (Lipinski definition) is 0. The van der Waals surface area contributed by atoms with Crippen LogP contribution >= 0.6 is 0 Å². The molecule has 3 rings (SSSR count). The van der Waals surface area contributed by atoms with Gasteiger partial charge in [-0.3, -0.25) is 9.18 Å². The third-order valence-electron chi connectivity index (χ3n) is 3.59. The molecule has 0 bridgehead atoms. The Hall–Kier alpha value is -3.02. The van der Waals surface area contributed by atoms with Crippen molar-refractivity contribution in [3.05, 3.63) is 72.2 Å². The molecule has 4 nitrogen and oxygen atoms in total. The van der Waals surface area contributed by atoms with E-state index in [0.29, 0.717) is 30.0 Å². The highest BCUT2D eigenvalue weighted by Crippen LogP contribution is 2.21. The van der Waals surface area contributed by atoms with Crippen LogP contribution in [0.4, 0.5) is 8.78 Å². The number of carbonyl (C=O) groups is 1. The molecule has 0 radical (unpaired) electrons. The molecule has 1 heterocycles. The van der Waals surface area contributed by atoms with Gasteiger partial charge in [0.1, 0.15) is 11.6 Å². The minimum Gasteiger partial charge on any atom is -0.493 e. The van der Waals surface area contributed by atoms with Gasteiger partial charge >= 0.3 is 0 Å². The van der Waals surface area contributed by atoms with Crippen LogP contribution in [0.5, 0.6) is 5.75 Å². The Morgan fingerprint density at radius 3 is 2.44 bits per heavy atom. The zero-order chi connectivity index (χ0) is 17.6. The SMILES string of the molecule is O=C(c1ccc(F)cc1)n1ccc(-c2ccc(OCCCF)cc2)n1. The molecule has 3 aromatic rings. The van der Waals surface area contributed by atoms with Crippen molar-refractivity contribution in [1.29, 1.82) is 0 Å². The minimum absolute atomic E-state index is 0.330. The monoisotopic (exact) mass is 342 g/mol. The first-order chi connectivity index (χ1) is 12.2. The number of hydrogen-bond acceptors (Lipinski definition) is 3. The molecular formula is C19H16F2N2O2. The van der Waals surface area contributed by atoms with Gasteiger partial charge in [-0.15, -0.1) is 0 Å². The first-order valence-corrected chi connectivity index (χ1v) is 7.82. The van der Waals surface area contributed by atoms with Crippen LogP contribution in [0.15, 0.2) is 60.8 Å². The first kappa shape index (κ1) is 16.8. The lowest BCUT2D eigenvalue weighted by Crippen LogP contribution is -2.12. The van der Waals surface area contributed by atoms with Gasteiger partial charge in [-0.25, -0.2) is 9.07 Å². The van der Waals surface area contributed by atoms with Crippen molar-refractivity contribution >= 4 is 5.91 Å². The second-order valence-electron chi connectivity index (χ2n) is 5.37. The van der Waals surface area contributed by atoms with E-state index in [9.17, 15) is 13.6 Å². The molecule has 0 amide bonds. The van der Waals surface area contributed by atoms with Crippen LogP contribution in [0, 0.1) is 5.82 Å². The average Bonchev–Trinajstić information content (AvgIpc) is 3.13. The van der Waals surface area contributed by atoms with E-state index in [-0.39, 0.29) is 5.91 Å². The number of benzene rings is 2. The summed E-state index contributed by atoms with van der Waals surface area (Å²) in [6.07, 6.45) is 1.92. The third-order valence-corrected chi connectivity index (χ3v) is 3.59. The normalized spacial score (nSPS) is 10.6. The number of halogens is 2. The molecule has 0 aliphatic heterocycles. The van der Waals surface area contributed by atoms with Crippen LogP contribution < -0.4 is 4.74 Å². The van der Waals surface area contributed by atoms with Gasteiger partial charge in [0.2, 0.25) is 0 Å². The van der Waals surface area contributed by atoms with Crippen molar-refractivity contribution in [3.8, 4) is 17.0 Å². The lowest BCUT2D eigenvalue weighted by atomic mass is 10.1. The van der Waals surface area contributed by atoms with Crippen LogP contribution in [0.3, 0.4) is 0 Å². The number of rotatable bonds is 6. The molecule has 25 heavy (non-hydrogen) atoms. The Labute approximate surface area is 143 Å².